The van der Waals surface area contributed by atoms with Gasteiger partial charge in [-0.3, -0.25) is 0 Å². The molecule has 0 saturated carbocycles. The zero-order valence-electron chi connectivity index (χ0n) is 9.74. The first-order valence-corrected chi connectivity index (χ1v) is 5.81. The summed E-state index contributed by atoms with van der Waals surface area (Å²) < 4.78 is 2.05. The third kappa shape index (κ3) is 1.76. The number of hydrogen-bond donors (Lipinski definition) is 1. The van der Waals surface area contributed by atoms with Crippen LogP contribution in [0.2, 0.25) is 5.02 Å². The summed E-state index contributed by atoms with van der Waals surface area (Å²) in [6.07, 6.45) is 0. The van der Waals surface area contributed by atoms with E-state index >= 15 is 0 Å². The molecule has 2 aromatic rings. The molecule has 1 atom stereocenters. The van der Waals surface area contributed by atoms with Crippen molar-refractivity contribution >= 4 is 28.6 Å². The molecule has 2 N–H and O–H groups in total. The van der Waals surface area contributed by atoms with E-state index in [1.807, 2.05) is 22.8 Å². The standard InChI is InChI=1S/C12H16ClN3/c1-7(2)8(3)16-11-6-9(13)4-5-10(11)15-12(16)14/h4-8H,1-3H3,(H2,14,15). The Balaban J connectivity index is 2.67. The summed E-state index contributed by atoms with van der Waals surface area (Å²) in [5.41, 5.74) is 7.85. The maximum absolute atomic E-state index is 6.00. The van der Waals surface area contributed by atoms with Gasteiger partial charge >= 0.3 is 0 Å². The number of halogens is 1. The fourth-order valence-electron chi connectivity index (χ4n) is 1.81. The highest BCUT2D eigenvalue weighted by Crippen LogP contribution is 2.28. The van der Waals surface area contributed by atoms with Crippen molar-refractivity contribution in [2.75, 3.05) is 5.73 Å². The van der Waals surface area contributed by atoms with Crippen LogP contribution in [-0.2, 0) is 0 Å². The first-order valence-electron chi connectivity index (χ1n) is 5.43. The summed E-state index contributed by atoms with van der Waals surface area (Å²) in [6.45, 7) is 6.48. The van der Waals surface area contributed by atoms with Crippen molar-refractivity contribution < 1.29 is 0 Å². The molecule has 0 fully saturated rings. The monoisotopic (exact) mass is 237 g/mol. The van der Waals surface area contributed by atoms with Gasteiger partial charge in [-0.1, -0.05) is 25.4 Å². The van der Waals surface area contributed by atoms with E-state index in [0.717, 1.165) is 11.0 Å². The summed E-state index contributed by atoms with van der Waals surface area (Å²) in [6, 6.07) is 5.96. The topological polar surface area (TPSA) is 43.8 Å². The number of fused-ring (bicyclic) bond motifs is 1. The minimum absolute atomic E-state index is 0.309. The molecule has 0 bridgehead atoms. The largest absolute Gasteiger partial charge is 0.369 e. The van der Waals surface area contributed by atoms with Gasteiger partial charge in [-0.2, -0.15) is 0 Å². The fraction of sp³-hybridized carbons (Fsp3) is 0.417. The molecule has 0 amide bonds. The van der Waals surface area contributed by atoms with Crippen molar-refractivity contribution in [3.63, 3.8) is 0 Å². The molecule has 0 spiro atoms. The van der Waals surface area contributed by atoms with Crippen molar-refractivity contribution in [1.29, 1.82) is 0 Å². The molecular formula is C12H16ClN3. The molecule has 4 heteroatoms. The number of hydrogen-bond acceptors (Lipinski definition) is 2. The fourth-order valence-corrected chi connectivity index (χ4v) is 1.98. The van der Waals surface area contributed by atoms with Crippen molar-refractivity contribution in [2.45, 2.75) is 26.8 Å². The first kappa shape index (κ1) is 11.3. The highest BCUT2D eigenvalue weighted by atomic mass is 35.5. The number of rotatable bonds is 2. The Morgan fingerprint density at radius 2 is 2.00 bits per heavy atom. The second-order valence-corrected chi connectivity index (χ2v) is 4.89. The van der Waals surface area contributed by atoms with E-state index in [-0.39, 0.29) is 0 Å². The van der Waals surface area contributed by atoms with Crippen molar-refractivity contribution in [2.24, 2.45) is 5.92 Å². The minimum Gasteiger partial charge on any atom is -0.369 e. The normalized spacial score (nSPS) is 13.6. The third-order valence-corrected chi connectivity index (χ3v) is 3.29. The van der Waals surface area contributed by atoms with Gasteiger partial charge in [-0.15, -0.1) is 0 Å². The summed E-state index contributed by atoms with van der Waals surface area (Å²) in [7, 11) is 0. The summed E-state index contributed by atoms with van der Waals surface area (Å²) in [5.74, 6) is 1.05. The highest BCUT2D eigenvalue weighted by molar-refractivity contribution is 6.31. The Morgan fingerprint density at radius 1 is 1.31 bits per heavy atom. The van der Waals surface area contributed by atoms with Crippen LogP contribution >= 0.6 is 11.6 Å². The average Bonchev–Trinajstić information content (AvgIpc) is 2.52. The van der Waals surface area contributed by atoms with Gasteiger partial charge < -0.3 is 10.3 Å². The molecule has 1 aromatic carbocycles. The predicted molar refractivity (Wildman–Crippen MR) is 68.7 cm³/mol. The summed E-state index contributed by atoms with van der Waals surface area (Å²) in [5, 5.41) is 0.713. The predicted octanol–water partition coefficient (Wildman–Crippen LogP) is 3.49. The SMILES string of the molecule is CC(C)C(C)n1c(N)nc2ccc(Cl)cc21. The number of nitrogens with two attached hydrogens (primary N) is 1. The number of aromatic nitrogens is 2. The van der Waals surface area contributed by atoms with Crippen LogP contribution in [0.3, 0.4) is 0 Å². The van der Waals surface area contributed by atoms with Crippen LogP contribution in [0, 0.1) is 5.92 Å². The van der Waals surface area contributed by atoms with Gasteiger partial charge in [0.15, 0.2) is 0 Å². The van der Waals surface area contributed by atoms with Gasteiger partial charge in [0.05, 0.1) is 11.0 Å². The molecule has 0 radical (unpaired) electrons. The molecule has 3 nitrogen and oxygen atoms in total. The lowest BCUT2D eigenvalue weighted by Crippen LogP contribution is -2.13. The highest BCUT2D eigenvalue weighted by Gasteiger charge is 2.16. The Kier molecular flexibility index (Phi) is 2.80. The van der Waals surface area contributed by atoms with Gasteiger partial charge in [0, 0.05) is 11.1 Å². The number of benzene rings is 1. The van der Waals surface area contributed by atoms with Gasteiger partial charge in [0.2, 0.25) is 5.95 Å². The lowest BCUT2D eigenvalue weighted by Gasteiger charge is -2.19. The van der Waals surface area contributed by atoms with Gasteiger partial charge in [-0.25, -0.2) is 4.98 Å². The first-order chi connectivity index (χ1) is 7.50. The van der Waals surface area contributed by atoms with Crippen molar-refractivity contribution in [3.8, 4) is 0 Å². The lowest BCUT2D eigenvalue weighted by atomic mass is 10.1. The minimum atomic E-state index is 0.309. The van der Waals surface area contributed by atoms with Crippen molar-refractivity contribution in [1.82, 2.24) is 9.55 Å². The van der Waals surface area contributed by atoms with E-state index in [9.17, 15) is 0 Å². The van der Waals surface area contributed by atoms with Crippen LogP contribution in [0.5, 0.6) is 0 Å². The molecular weight excluding hydrogens is 222 g/mol. The maximum Gasteiger partial charge on any atom is 0.201 e. The smallest absolute Gasteiger partial charge is 0.201 e. The zero-order chi connectivity index (χ0) is 11.9. The molecule has 16 heavy (non-hydrogen) atoms. The Labute approximate surface area is 100 Å². The van der Waals surface area contributed by atoms with Crippen LogP contribution < -0.4 is 5.73 Å². The van der Waals surface area contributed by atoms with Gasteiger partial charge in [-0.05, 0) is 31.0 Å². The Bertz CT molecular complexity index is 516. The molecule has 0 aliphatic carbocycles. The Hall–Kier alpha value is -1.22. The second-order valence-electron chi connectivity index (χ2n) is 4.46. The lowest BCUT2D eigenvalue weighted by molar-refractivity contribution is 0.421. The van der Waals surface area contributed by atoms with Crippen LogP contribution in [0.1, 0.15) is 26.8 Å². The molecule has 1 unspecified atom stereocenters. The van der Waals surface area contributed by atoms with E-state index in [1.54, 1.807) is 0 Å². The van der Waals surface area contributed by atoms with Crippen molar-refractivity contribution in [3.05, 3.63) is 23.2 Å². The van der Waals surface area contributed by atoms with E-state index < -0.39 is 0 Å². The van der Waals surface area contributed by atoms with E-state index in [2.05, 4.69) is 25.8 Å². The molecule has 1 aromatic heterocycles. The molecule has 0 saturated heterocycles. The van der Waals surface area contributed by atoms with Crippen LogP contribution in [0.25, 0.3) is 11.0 Å². The maximum atomic E-state index is 6.00. The van der Waals surface area contributed by atoms with Gasteiger partial charge in [0.25, 0.3) is 0 Å². The summed E-state index contributed by atoms with van der Waals surface area (Å²) in [4.78, 5) is 4.34. The number of nitrogen functional groups attached to an aromatic ring is 1. The van der Waals surface area contributed by atoms with Crippen LogP contribution in [-0.4, -0.2) is 9.55 Å². The number of imidazole rings is 1. The number of nitrogens with zero attached hydrogens (tertiary/aromatic N) is 2. The molecule has 1 heterocycles. The number of anilines is 1. The quantitative estimate of drug-likeness (QED) is 0.869. The third-order valence-electron chi connectivity index (χ3n) is 3.05. The van der Waals surface area contributed by atoms with E-state index in [4.69, 9.17) is 17.3 Å². The Morgan fingerprint density at radius 3 is 2.62 bits per heavy atom. The van der Waals surface area contributed by atoms with E-state index in [1.165, 1.54) is 0 Å². The molecule has 86 valence electrons. The zero-order valence-corrected chi connectivity index (χ0v) is 10.5. The molecule has 0 aliphatic heterocycles. The van der Waals surface area contributed by atoms with E-state index in [0.29, 0.717) is 22.9 Å². The van der Waals surface area contributed by atoms with Crippen LogP contribution in [0.15, 0.2) is 18.2 Å². The molecule has 0 aliphatic rings. The van der Waals surface area contributed by atoms with Crippen LogP contribution in [0.4, 0.5) is 5.95 Å². The average molecular weight is 238 g/mol. The van der Waals surface area contributed by atoms with Gasteiger partial charge in [0.1, 0.15) is 0 Å². The second kappa shape index (κ2) is 3.98. The molecule has 2 rings (SSSR count). The summed E-state index contributed by atoms with van der Waals surface area (Å²) >= 11 is 6.00.